The number of carbonyl (C=O) groups is 2. The molecule has 0 aliphatic heterocycles. The summed E-state index contributed by atoms with van der Waals surface area (Å²) >= 11 is 0.532. The van der Waals surface area contributed by atoms with Crippen molar-refractivity contribution < 1.29 is 43.2 Å². The molecule has 0 aliphatic carbocycles. The van der Waals surface area contributed by atoms with E-state index in [9.17, 15) is 19.0 Å². The van der Waals surface area contributed by atoms with Gasteiger partial charge in [0.2, 0.25) is 0 Å². The summed E-state index contributed by atoms with van der Waals surface area (Å²) in [7, 11) is 0. The van der Waals surface area contributed by atoms with Crippen molar-refractivity contribution >= 4 is 30.1 Å². The highest BCUT2D eigenvalue weighted by atomic mass is 32.7. The van der Waals surface area contributed by atoms with Gasteiger partial charge in [-0.3, -0.25) is 9.59 Å². The minimum atomic E-state index is -4.13. The van der Waals surface area contributed by atoms with E-state index in [0.29, 0.717) is 24.2 Å². The lowest BCUT2D eigenvalue weighted by atomic mass is 10.0. The molecular weight excluding hydrogens is 651 g/mol. The van der Waals surface area contributed by atoms with Gasteiger partial charge in [-0.15, -0.1) is 4.67 Å². The maximum Gasteiger partial charge on any atom is 0.413 e. The summed E-state index contributed by atoms with van der Waals surface area (Å²) in [4.78, 5) is 39.5. The molecule has 0 aromatic heterocycles. The van der Waals surface area contributed by atoms with Crippen molar-refractivity contribution in [1.29, 1.82) is 0 Å². The first-order valence-corrected chi connectivity index (χ1v) is 22.8. The third kappa shape index (κ3) is 35.2. The highest BCUT2D eigenvalue weighted by molar-refractivity contribution is 8.54. The maximum atomic E-state index is 12.5. The number of aliphatic hydroxyl groups is 1. The summed E-state index contributed by atoms with van der Waals surface area (Å²) < 4.78 is 27.4. The Labute approximate surface area is 298 Å². The number of ether oxygens (including phenoxy) is 2. The molecule has 9 nitrogen and oxygen atoms in total. The zero-order valence-electron chi connectivity index (χ0n) is 30.8. The lowest BCUT2D eigenvalue weighted by Gasteiger charge is -2.18. The van der Waals surface area contributed by atoms with E-state index in [4.69, 9.17) is 19.5 Å². The van der Waals surface area contributed by atoms with E-state index in [-0.39, 0.29) is 38.0 Å². The van der Waals surface area contributed by atoms with Crippen LogP contribution in [0.2, 0.25) is 0 Å². The Hall–Kier alpha value is -0.640. The van der Waals surface area contributed by atoms with Crippen LogP contribution in [0.15, 0.2) is 0 Å². The van der Waals surface area contributed by atoms with Gasteiger partial charge in [-0.25, -0.2) is 9.45 Å². The molecule has 0 fully saturated rings. The SMILES string of the molecule is CCCCCCCCCCCCCCCC(=O)OCC(COOP(=O)(O)SCCO)OC(=O)CCCCCCCCCCCCCCC. The van der Waals surface area contributed by atoms with Gasteiger partial charge in [-0.05, 0) is 24.2 Å². The van der Waals surface area contributed by atoms with Crippen molar-refractivity contribution in [2.24, 2.45) is 0 Å². The standard InChI is InChI=1S/C37H73O9PS/c1-3-5-7-9-11-13-15-17-19-21-23-25-27-29-36(39)43-33-35(34-44-46-47(41,42)48-32-31-38)45-37(40)30-28-26-24-22-20-18-16-14-12-10-8-6-4-2/h35,38H,3-34H2,1-2H3,(H,41,42). The third-order valence-electron chi connectivity index (χ3n) is 8.44. The second kappa shape index (κ2) is 36.2. The second-order valence-corrected chi connectivity index (χ2v) is 17.1. The Morgan fingerprint density at radius 2 is 0.958 bits per heavy atom. The summed E-state index contributed by atoms with van der Waals surface area (Å²) in [5.74, 6) is -0.796. The van der Waals surface area contributed by atoms with Crippen LogP contribution in [0.5, 0.6) is 0 Å². The Kier molecular flexibility index (Phi) is 35.7. The number of hydrogen-bond acceptors (Lipinski definition) is 9. The second-order valence-electron chi connectivity index (χ2n) is 13.2. The molecule has 0 bridgehead atoms. The van der Waals surface area contributed by atoms with Crippen molar-refractivity contribution in [2.45, 2.75) is 200 Å². The van der Waals surface area contributed by atoms with Gasteiger partial charge < -0.3 is 19.5 Å². The predicted octanol–water partition coefficient (Wildman–Crippen LogP) is 11.2. The van der Waals surface area contributed by atoms with Crippen LogP contribution in [-0.2, 0) is 33.2 Å². The first kappa shape index (κ1) is 47.4. The van der Waals surface area contributed by atoms with Gasteiger partial charge in [0.15, 0.2) is 6.10 Å². The molecule has 0 radical (unpaired) electrons. The Balaban J connectivity index is 4.21. The van der Waals surface area contributed by atoms with Gasteiger partial charge in [0, 0.05) is 18.6 Å². The monoisotopic (exact) mass is 724 g/mol. The molecule has 0 aliphatic rings. The molecule has 48 heavy (non-hydrogen) atoms. The summed E-state index contributed by atoms with van der Waals surface area (Å²) in [5, 5.41) is 8.87. The van der Waals surface area contributed by atoms with Gasteiger partial charge in [0.25, 0.3) is 0 Å². The van der Waals surface area contributed by atoms with Crippen LogP contribution in [0.3, 0.4) is 0 Å². The minimum absolute atomic E-state index is 0.00544. The highest BCUT2D eigenvalue weighted by Gasteiger charge is 2.24. The normalized spacial score (nSPS) is 13.3. The van der Waals surface area contributed by atoms with E-state index in [2.05, 4.69) is 18.5 Å². The van der Waals surface area contributed by atoms with E-state index in [1.165, 1.54) is 128 Å². The number of esters is 2. The smallest absolute Gasteiger partial charge is 0.413 e. The molecule has 2 atom stereocenters. The van der Waals surface area contributed by atoms with Gasteiger partial charge in [-0.1, -0.05) is 168 Å². The van der Waals surface area contributed by atoms with Crippen LogP contribution in [-0.4, -0.2) is 53.6 Å². The predicted molar refractivity (Wildman–Crippen MR) is 198 cm³/mol. The Morgan fingerprint density at radius 1 is 0.583 bits per heavy atom. The molecular formula is C37H73O9PS. The highest BCUT2D eigenvalue weighted by Crippen LogP contribution is 2.55. The number of rotatable bonds is 38. The molecule has 2 N–H and O–H groups in total. The van der Waals surface area contributed by atoms with E-state index in [1.54, 1.807) is 0 Å². The molecule has 0 amide bonds. The van der Waals surface area contributed by atoms with Crippen LogP contribution in [0.1, 0.15) is 194 Å². The average Bonchev–Trinajstić information content (AvgIpc) is 3.06. The fourth-order valence-corrected chi connectivity index (χ4v) is 7.29. The largest absolute Gasteiger partial charge is 0.462 e. The van der Waals surface area contributed by atoms with Crippen molar-refractivity contribution in [3.8, 4) is 0 Å². The third-order valence-corrected chi connectivity index (χ3v) is 11.1. The van der Waals surface area contributed by atoms with Crippen LogP contribution < -0.4 is 0 Å². The van der Waals surface area contributed by atoms with E-state index in [0.717, 1.165) is 32.1 Å². The molecule has 0 aromatic carbocycles. The lowest BCUT2D eigenvalue weighted by molar-refractivity contribution is -0.234. The van der Waals surface area contributed by atoms with Gasteiger partial charge in [0.1, 0.15) is 13.2 Å². The van der Waals surface area contributed by atoms with Crippen LogP contribution in [0, 0.1) is 0 Å². The number of unbranched alkanes of at least 4 members (excludes halogenated alkanes) is 24. The van der Waals surface area contributed by atoms with E-state index < -0.39 is 18.9 Å². The van der Waals surface area contributed by atoms with Gasteiger partial charge in [-0.2, -0.15) is 0 Å². The van der Waals surface area contributed by atoms with E-state index >= 15 is 0 Å². The summed E-state index contributed by atoms with van der Waals surface area (Å²) in [5.41, 5.74) is 0. The fraction of sp³-hybridized carbons (Fsp3) is 0.946. The average molecular weight is 725 g/mol. The zero-order chi connectivity index (χ0) is 35.4. The molecule has 11 heteroatoms. The Bertz CT molecular complexity index is 771. The van der Waals surface area contributed by atoms with Crippen molar-refractivity contribution in [3.63, 3.8) is 0 Å². The summed E-state index contributed by atoms with van der Waals surface area (Å²) in [6.07, 6.45) is 31.2. The van der Waals surface area contributed by atoms with Gasteiger partial charge >= 0.3 is 18.7 Å². The first-order valence-electron chi connectivity index (χ1n) is 19.6. The summed E-state index contributed by atoms with van der Waals surface area (Å²) in [6.45, 7) is -0.506. The Morgan fingerprint density at radius 3 is 1.35 bits per heavy atom. The lowest BCUT2D eigenvalue weighted by Crippen LogP contribution is -2.29. The zero-order valence-corrected chi connectivity index (χ0v) is 32.5. The first-order chi connectivity index (χ1) is 23.3. The maximum absolute atomic E-state index is 12.5. The quantitative estimate of drug-likeness (QED) is 0.0209. The fourth-order valence-electron chi connectivity index (χ4n) is 5.54. The molecule has 0 aromatic rings. The molecule has 0 saturated carbocycles. The van der Waals surface area contributed by atoms with Crippen LogP contribution in [0.4, 0.5) is 0 Å². The summed E-state index contributed by atoms with van der Waals surface area (Å²) in [6, 6.07) is 0. The van der Waals surface area contributed by atoms with Crippen molar-refractivity contribution in [3.05, 3.63) is 0 Å². The van der Waals surface area contributed by atoms with Crippen LogP contribution >= 0.6 is 18.2 Å². The molecule has 0 saturated heterocycles. The number of carbonyl (C=O) groups excluding carboxylic acids is 2. The van der Waals surface area contributed by atoms with E-state index in [1.807, 2.05) is 0 Å². The topological polar surface area (TPSA) is 129 Å². The molecule has 286 valence electrons. The number of hydrogen-bond donors (Lipinski definition) is 2. The molecule has 0 spiro atoms. The number of aliphatic hydroxyl groups excluding tert-OH is 1. The minimum Gasteiger partial charge on any atom is -0.462 e. The molecule has 0 rings (SSSR count). The molecule has 2 unspecified atom stereocenters. The molecule has 0 heterocycles. The van der Waals surface area contributed by atoms with Crippen LogP contribution in [0.25, 0.3) is 0 Å². The van der Waals surface area contributed by atoms with Gasteiger partial charge in [0.05, 0.1) is 6.61 Å². The van der Waals surface area contributed by atoms with Crippen molar-refractivity contribution in [2.75, 3.05) is 25.6 Å². The van der Waals surface area contributed by atoms with Crippen molar-refractivity contribution in [1.82, 2.24) is 0 Å².